The maximum absolute atomic E-state index is 11.8. The third kappa shape index (κ3) is 4.44. The van der Waals surface area contributed by atoms with Crippen molar-refractivity contribution >= 4 is 17.3 Å². The average molecular weight is 278 g/mol. The van der Waals surface area contributed by atoms with Gasteiger partial charge in [0.2, 0.25) is 0 Å². The van der Waals surface area contributed by atoms with Gasteiger partial charge in [-0.25, -0.2) is 4.79 Å². The maximum Gasteiger partial charge on any atom is 0.340 e. The highest BCUT2D eigenvalue weighted by Crippen LogP contribution is 2.25. The van der Waals surface area contributed by atoms with Crippen LogP contribution in [0.25, 0.3) is 0 Å². The average Bonchev–Trinajstić information content (AvgIpc) is 2.47. The van der Waals surface area contributed by atoms with E-state index in [0.717, 1.165) is 13.0 Å². The Kier molecular flexibility index (Phi) is 6.91. The summed E-state index contributed by atoms with van der Waals surface area (Å²) < 4.78 is 4.80. The molecule has 1 aromatic rings. The molecule has 4 heteroatoms. The normalized spacial score (nSPS) is 11.9. The van der Waals surface area contributed by atoms with Gasteiger partial charge in [-0.3, -0.25) is 0 Å². The van der Waals surface area contributed by atoms with Crippen LogP contribution in [0.2, 0.25) is 0 Å². The zero-order valence-corrected chi connectivity index (χ0v) is 12.7. The third-order valence-corrected chi connectivity index (χ3v) is 3.61. The van der Waals surface area contributed by atoms with Gasteiger partial charge in [0, 0.05) is 6.54 Å². The topological polar surface area (TPSA) is 64.3 Å². The second kappa shape index (κ2) is 8.46. The number of anilines is 2. The molecular weight excluding hydrogens is 252 g/mol. The lowest BCUT2D eigenvalue weighted by Gasteiger charge is -2.18. The number of nitrogens with two attached hydrogens (primary N) is 1. The number of benzene rings is 1. The summed E-state index contributed by atoms with van der Waals surface area (Å²) in [7, 11) is 1.38. The Hall–Kier alpha value is -1.71. The van der Waals surface area contributed by atoms with Gasteiger partial charge in [0.05, 0.1) is 24.0 Å². The van der Waals surface area contributed by atoms with E-state index in [1.54, 1.807) is 18.2 Å². The van der Waals surface area contributed by atoms with E-state index in [9.17, 15) is 4.79 Å². The summed E-state index contributed by atoms with van der Waals surface area (Å²) in [6, 6.07) is 5.29. The van der Waals surface area contributed by atoms with Gasteiger partial charge in [0.25, 0.3) is 0 Å². The molecule has 4 nitrogen and oxygen atoms in total. The molecule has 1 aromatic carbocycles. The molecule has 0 saturated heterocycles. The number of nitrogen functional groups attached to an aromatic ring is 1. The van der Waals surface area contributed by atoms with Gasteiger partial charge < -0.3 is 15.8 Å². The molecule has 0 aliphatic rings. The van der Waals surface area contributed by atoms with E-state index in [2.05, 4.69) is 19.2 Å². The number of rotatable bonds is 8. The van der Waals surface area contributed by atoms with Crippen LogP contribution in [-0.2, 0) is 4.74 Å². The molecule has 0 aliphatic carbocycles. The first-order valence-electron chi connectivity index (χ1n) is 7.34. The minimum absolute atomic E-state index is 0.360. The molecule has 0 bridgehead atoms. The highest BCUT2D eigenvalue weighted by Gasteiger charge is 2.15. The Labute approximate surface area is 121 Å². The van der Waals surface area contributed by atoms with Crippen molar-refractivity contribution in [1.29, 1.82) is 0 Å². The molecule has 112 valence electrons. The Morgan fingerprint density at radius 1 is 1.40 bits per heavy atom. The van der Waals surface area contributed by atoms with Gasteiger partial charge in [0.1, 0.15) is 0 Å². The van der Waals surface area contributed by atoms with E-state index in [4.69, 9.17) is 10.5 Å². The Morgan fingerprint density at radius 3 is 2.75 bits per heavy atom. The Balaban J connectivity index is 2.78. The van der Waals surface area contributed by atoms with Gasteiger partial charge in [-0.05, 0) is 24.5 Å². The van der Waals surface area contributed by atoms with Crippen molar-refractivity contribution in [2.45, 2.75) is 39.5 Å². The van der Waals surface area contributed by atoms with Crippen LogP contribution < -0.4 is 11.1 Å². The number of carbonyl (C=O) groups is 1. The van der Waals surface area contributed by atoms with Crippen LogP contribution >= 0.6 is 0 Å². The van der Waals surface area contributed by atoms with Crippen LogP contribution in [0.4, 0.5) is 11.4 Å². The van der Waals surface area contributed by atoms with Crippen molar-refractivity contribution < 1.29 is 9.53 Å². The van der Waals surface area contributed by atoms with Crippen molar-refractivity contribution in [1.82, 2.24) is 0 Å². The second-order valence-electron chi connectivity index (χ2n) is 5.06. The molecule has 0 fully saturated rings. The van der Waals surface area contributed by atoms with Crippen molar-refractivity contribution in [3.63, 3.8) is 0 Å². The SMILES string of the molecule is CCCCC(CC)CNc1c(N)cccc1C(=O)OC. The number of methoxy groups -OCH3 is 1. The van der Waals surface area contributed by atoms with Crippen LogP contribution in [0, 0.1) is 5.92 Å². The largest absolute Gasteiger partial charge is 0.465 e. The number of nitrogens with one attached hydrogen (secondary N) is 1. The minimum Gasteiger partial charge on any atom is -0.465 e. The van der Waals surface area contributed by atoms with Crippen LogP contribution in [-0.4, -0.2) is 19.6 Å². The van der Waals surface area contributed by atoms with E-state index in [1.807, 2.05) is 0 Å². The molecule has 1 rings (SSSR count). The molecule has 1 atom stereocenters. The molecule has 0 aromatic heterocycles. The first kappa shape index (κ1) is 16.3. The maximum atomic E-state index is 11.8. The number of unbranched alkanes of at least 4 members (excludes halogenated alkanes) is 1. The lowest BCUT2D eigenvalue weighted by atomic mass is 9.99. The van der Waals surface area contributed by atoms with E-state index in [-0.39, 0.29) is 5.97 Å². The van der Waals surface area contributed by atoms with Crippen molar-refractivity contribution in [2.24, 2.45) is 5.92 Å². The van der Waals surface area contributed by atoms with Crippen molar-refractivity contribution in [3.8, 4) is 0 Å². The molecular formula is C16H26N2O2. The molecule has 20 heavy (non-hydrogen) atoms. The van der Waals surface area contributed by atoms with E-state index in [1.165, 1.54) is 26.4 Å². The van der Waals surface area contributed by atoms with Gasteiger partial charge in [-0.2, -0.15) is 0 Å². The molecule has 0 spiro atoms. The van der Waals surface area contributed by atoms with Crippen LogP contribution in [0.15, 0.2) is 18.2 Å². The highest BCUT2D eigenvalue weighted by atomic mass is 16.5. The zero-order valence-electron chi connectivity index (χ0n) is 12.7. The number of carbonyl (C=O) groups excluding carboxylic acids is 1. The summed E-state index contributed by atoms with van der Waals surface area (Å²) in [5.74, 6) is 0.237. The number of para-hydroxylation sites is 1. The van der Waals surface area contributed by atoms with Crippen LogP contribution in [0.5, 0.6) is 0 Å². The predicted molar refractivity (Wildman–Crippen MR) is 84.0 cm³/mol. The summed E-state index contributed by atoms with van der Waals surface area (Å²) >= 11 is 0. The summed E-state index contributed by atoms with van der Waals surface area (Å²) in [6.07, 6.45) is 4.75. The van der Waals surface area contributed by atoms with Crippen LogP contribution in [0.3, 0.4) is 0 Å². The Morgan fingerprint density at radius 2 is 2.15 bits per heavy atom. The zero-order chi connectivity index (χ0) is 15.0. The van der Waals surface area contributed by atoms with Gasteiger partial charge >= 0.3 is 5.97 Å². The first-order valence-corrected chi connectivity index (χ1v) is 7.34. The Bertz CT molecular complexity index is 432. The summed E-state index contributed by atoms with van der Waals surface area (Å²) in [4.78, 5) is 11.8. The lowest BCUT2D eigenvalue weighted by Crippen LogP contribution is -2.17. The number of esters is 1. The molecule has 0 heterocycles. The fourth-order valence-corrected chi connectivity index (χ4v) is 2.24. The van der Waals surface area contributed by atoms with Crippen molar-refractivity contribution in [2.75, 3.05) is 24.7 Å². The summed E-state index contributed by atoms with van der Waals surface area (Å²) in [5, 5.41) is 3.33. The quantitative estimate of drug-likeness (QED) is 0.562. The molecule has 3 N–H and O–H groups in total. The second-order valence-corrected chi connectivity index (χ2v) is 5.06. The fraction of sp³-hybridized carbons (Fsp3) is 0.562. The number of ether oxygens (including phenoxy) is 1. The fourth-order valence-electron chi connectivity index (χ4n) is 2.24. The highest BCUT2D eigenvalue weighted by molar-refractivity contribution is 5.98. The van der Waals surface area contributed by atoms with Gasteiger partial charge in [-0.1, -0.05) is 39.2 Å². The summed E-state index contributed by atoms with van der Waals surface area (Å²) in [6.45, 7) is 5.22. The number of hydrogen-bond donors (Lipinski definition) is 2. The standard InChI is InChI=1S/C16H26N2O2/c1-4-6-8-12(5-2)11-18-15-13(16(19)20-3)9-7-10-14(15)17/h7,9-10,12,18H,4-6,8,11,17H2,1-3H3. The van der Waals surface area contributed by atoms with Gasteiger partial charge in [-0.15, -0.1) is 0 Å². The smallest absolute Gasteiger partial charge is 0.340 e. The van der Waals surface area contributed by atoms with Crippen LogP contribution in [0.1, 0.15) is 49.9 Å². The van der Waals surface area contributed by atoms with E-state index in [0.29, 0.717) is 22.9 Å². The molecule has 0 aliphatic heterocycles. The molecule has 0 saturated carbocycles. The molecule has 1 unspecified atom stereocenters. The monoisotopic (exact) mass is 278 g/mol. The third-order valence-electron chi connectivity index (χ3n) is 3.61. The van der Waals surface area contributed by atoms with E-state index < -0.39 is 0 Å². The number of hydrogen-bond acceptors (Lipinski definition) is 4. The lowest BCUT2D eigenvalue weighted by molar-refractivity contribution is 0.0602. The minimum atomic E-state index is -0.360. The predicted octanol–water partition coefficient (Wildman–Crippen LogP) is 3.68. The molecule has 0 amide bonds. The van der Waals surface area contributed by atoms with E-state index >= 15 is 0 Å². The van der Waals surface area contributed by atoms with Gasteiger partial charge in [0.15, 0.2) is 0 Å². The first-order chi connectivity index (χ1) is 9.63. The van der Waals surface area contributed by atoms with Crippen molar-refractivity contribution in [3.05, 3.63) is 23.8 Å². The summed E-state index contributed by atoms with van der Waals surface area (Å²) in [5.41, 5.74) is 7.74. The molecule has 0 radical (unpaired) electrons.